The number of rotatable bonds is 8. The maximum Gasteiger partial charge on any atom is 0.410 e. The predicted molar refractivity (Wildman–Crippen MR) is 186 cm³/mol. The molecule has 10 nitrogen and oxygen atoms in total. The molecule has 0 bridgehead atoms. The number of benzene rings is 3. The molecule has 3 aromatic carbocycles. The lowest BCUT2D eigenvalue weighted by atomic mass is 10.00. The van der Waals surface area contributed by atoms with Crippen molar-refractivity contribution in [3.63, 3.8) is 0 Å². The van der Waals surface area contributed by atoms with Crippen LogP contribution in [-0.2, 0) is 24.3 Å². The van der Waals surface area contributed by atoms with Gasteiger partial charge in [0.15, 0.2) is 0 Å². The number of hydrogen-bond acceptors (Lipinski definition) is 9. The third-order valence-corrected chi connectivity index (χ3v) is 10.1. The van der Waals surface area contributed by atoms with Crippen molar-refractivity contribution in [1.29, 1.82) is 5.26 Å². The highest BCUT2D eigenvalue weighted by atomic mass is 16.6. The van der Waals surface area contributed by atoms with E-state index >= 15 is 0 Å². The van der Waals surface area contributed by atoms with E-state index in [4.69, 9.17) is 19.4 Å². The van der Waals surface area contributed by atoms with E-state index in [1.54, 1.807) is 4.90 Å². The van der Waals surface area contributed by atoms with Gasteiger partial charge in [0, 0.05) is 48.4 Å². The van der Waals surface area contributed by atoms with Gasteiger partial charge < -0.3 is 29.1 Å². The summed E-state index contributed by atoms with van der Waals surface area (Å²) in [5, 5.41) is 12.2. The van der Waals surface area contributed by atoms with Crippen molar-refractivity contribution in [1.82, 2.24) is 19.8 Å². The zero-order valence-corrected chi connectivity index (χ0v) is 27.8. The zero-order valence-electron chi connectivity index (χ0n) is 27.8. The van der Waals surface area contributed by atoms with Crippen molar-refractivity contribution < 1.29 is 14.3 Å². The molecule has 1 aromatic heterocycles. The predicted octanol–water partition coefficient (Wildman–Crippen LogP) is 5.80. The fraction of sp³-hybridized carbons (Fsp3) is 0.421. The number of nitriles is 1. The third-order valence-electron chi connectivity index (χ3n) is 10.1. The molecule has 2 fully saturated rings. The van der Waals surface area contributed by atoms with Crippen LogP contribution in [0.5, 0.6) is 6.01 Å². The minimum absolute atomic E-state index is 0.0619. The lowest BCUT2D eigenvalue weighted by Gasteiger charge is -2.45. The second-order valence-electron chi connectivity index (χ2n) is 13.2. The molecular formula is C38H43N7O3. The lowest BCUT2D eigenvalue weighted by Crippen LogP contribution is -2.59. The molecule has 7 rings (SSSR count). The van der Waals surface area contributed by atoms with Gasteiger partial charge in [-0.1, -0.05) is 66.7 Å². The van der Waals surface area contributed by atoms with Crippen LogP contribution in [0.2, 0.25) is 0 Å². The van der Waals surface area contributed by atoms with E-state index in [1.807, 2.05) is 30.3 Å². The number of likely N-dealkylation sites (N-methyl/N-ethyl adjacent to an activating group) is 1. The summed E-state index contributed by atoms with van der Waals surface area (Å²) in [4.78, 5) is 32.2. The van der Waals surface area contributed by atoms with Gasteiger partial charge in [0.2, 0.25) is 0 Å². The van der Waals surface area contributed by atoms with E-state index in [-0.39, 0.29) is 25.1 Å². The molecule has 4 aromatic rings. The first-order chi connectivity index (χ1) is 23.5. The number of carbonyl (C=O) groups is 1. The number of amides is 1. The SMILES string of the molecule is CC1CN(C(=O)OCc2ccccc2)C(CC#N)CN1c1nc(OCC2CCCN2C)nc2c1CCN(c1cccc3ccccc13)C2. The van der Waals surface area contributed by atoms with E-state index in [2.05, 4.69) is 77.2 Å². The highest BCUT2D eigenvalue weighted by Crippen LogP contribution is 2.36. The van der Waals surface area contributed by atoms with Crippen molar-refractivity contribution in [3.8, 4) is 12.1 Å². The quantitative estimate of drug-likeness (QED) is 0.236. The number of ether oxygens (including phenoxy) is 2. The van der Waals surface area contributed by atoms with Crippen LogP contribution in [0.15, 0.2) is 72.8 Å². The van der Waals surface area contributed by atoms with E-state index in [0.717, 1.165) is 55.0 Å². The Bertz CT molecular complexity index is 1790. The van der Waals surface area contributed by atoms with Gasteiger partial charge in [0.25, 0.3) is 0 Å². The Morgan fingerprint density at radius 1 is 0.979 bits per heavy atom. The normalized spacial score (nSPS) is 21.2. The van der Waals surface area contributed by atoms with Crippen LogP contribution in [0.3, 0.4) is 0 Å². The van der Waals surface area contributed by atoms with Crippen molar-refractivity contribution in [2.75, 3.05) is 49.6 Å². The molecule has 2 saturated heterocycles. The van der Waals surface area contributed by atoms with Crippen LogP contribution >= 0.6 is 0 Å². The van der Waals surface area contributed by atoms with Crippen LogP contribution in [0.1, 0.15) is 43.0 Å². The highest BCUT2D eigenvalue weighted by Gasteiger charge is 2.38. The molecule has 248 valence electrons. The van der Waals surface area contributed by atoms with Crippen LogP contribution in [0.25, 0.3) is 10.8 Å². The first-order valence-corrected chi connectivity index (χ1v) is 17.0. The minimum Gasteiger partial charge on any atom is -0.462 e. The molecule has 0 spiro atoms. The van der Waals surface area contributed by atoms with Gasteiger partial charge >= 0.3 is 12.1 Å². The average molecular weight is 646 g/mol. The molecular weight excluding hydrogens is 602 g/mol. The number of piperazine rings is 1. The van der Waals surface area contributed by atoms with Crippen LogP contribution in [-0.4, -0.2) is 83.8 Å². The topological polar surface area (TPSA) is 98.1 Å². The third kappa shape index (κ3) is 6.60. The van der Waals surface area contributed by atoms with Crippen molar-refractivity contribution >= 4 is 28.4 Å². The van der Waals surface area contributed by atoms with Crippen LogP contribution < -0.4 is 14.5 Å². The molecule has 0 radical (unpaired) electrons. The van der Waals surface area contributed by atoms with Gasteiger partial charge in [-0.2, -0.15) is 15.2 Å². The van der Waals surface area contributed by atoms with E-state index in [1.165, 1.54) is 16.5 Å². The molecule has 1 amide bonds. The summed E-state index contributed by atoms with van der Waals surface area (Å²) in [6.45, 7) is 6.26. The summed E-state index contributed by atoms with van der Waals surface area (Å²) < 4.78 is 12.1. The van der Waals surface area contributed by atoms with Crippen molar-refractivity contribution in [3.05, 3.63) is 89.6 Å². The first kappa shape index (κ1) is 31.7. The Morgan fingerprint density at radius 3 is 2.60 bits per heavy atom. The minimum atomic E-state index is -0.397. The Labute approximate surface area is 282 Å². The standard InChI is InChI=1S/C38H43N7O3/c1-27-22-45(38(46)48-25-28-10-4-3-5-11-28)30(17-19-39)23-44(27)36-33-18-21-43(35-16-8-13-29-12-6-7-15-32(29)35)24-34(33)40-37(41-36)47-26-31-14-9-20-42(31)2/h3-8,10-13,15-16,27,30-31H,9,14,17-18,20-26H2,1-2H3. The summed E-state index contributed by atoms with van der Waals surface area (Å²) in [5.74, 6) is 0.847. The molecule has 3 aliphatic heterocycles. The van der Waals surface area contributed by atoms with Gasteiger partial charge in [0.1, 0.15) is 19.0 Å². The van der Waals surface area contributed by atoms with E-state index in [9.17, 15) is 10.1 Å². The number of carbonyl (C=O) groups excluding carboxylic acids is 1. The first-order valence-electron chi connectivity index (χ1n) is 17.0. The van der Waals surface area contributed by atoms with Gasteiger partial charge in [0.05, 0.1) is 30.8 Å². The zero-order chi connectivity index (χ0) is 33.0. The molecule has 4 heterocycles. The van der Waals surface area contributed by atoms with Gasteiger partial charge in [-0.15, -0.1) is 0 Å². The summed E-state index contributed by atoms with van der Waals surface area (Å²) in [5.41, 5.74) is 4.19. The molecule has 10 heteroatoms. The van der Waals surface area contributed by atoms with Gasteiger partial charge in [-0.25, -0.2) is 4.79 Å². The number of hydrogen-bond donors (Lipinski definition) is 0. The molecule has 3 atom stereocenters. The average Bonchev–Trinajstić information content (AvgIpc) is 3.54. The molecule has 3 aliphatic rings. The van der Waals surface area contributed by atoms with Crippen molar-refractivity contribution in [2.45, 2.75) is 63.9 Å². The van der Waals surface area contributed by atoms with Gasteiger partial charge in [-0.3, -0.25) is 0 Å². The second-order valence-corrected chi connectivity index (χ2v) is 13.2. The largest absolute Gasteiger partial charge is 0.462 e. The molecule has 3 unspecified atom stereocenters. The van der Waals surface area contributed by atoms with Crippen molar-refractivity contribution in [2.24, 2.45) is 0 Å². The van der Waals surface area contributed by atoms with E-state index in [0.29, 0.717) is 38.3 Å². The summed E-state index contributed by atoms with van der Waals surface area (Å²) >= 11 is 0. The van der Waals surface area contributed by atoms with Crippen LogP contribution in [0.4, 0.5) is 16.3 Å². The molecule has 48 heavy (non-hydrogen) atoms. The Morgan fingerprint density at radius 2 is 1.79 bits per heavy atom. The Kier molecular flexibility index (Phi) is 9.30. The van der Waals surface area contributed by atoms with Gasteiger partial charge in [-0.05, 0) is 56.8 Å². The summed E-state index contributed by atoms with van der Waals surface area (Å²) in [7, 11) is 2.14. The van der Waals surface area contributed by atoms with E-state index < -0.39 is 6.09 Å². The Hall–Kier alpha value is -4.88. The maximum atomic E-state index is 13.4. The number of anilines is 2. The monoisotopic (exact) mass is 645 g/mol. The fourth-order valence-corrected chi connectivity index (χ4v) is 7.38. The smallest absolute Gasteiger partial charge is 0.410 e. The summed E-state index contributed by atoms with van der Waals surface area (Å²) in [6.07, 6.45) is 2.83. The lowest BCUT2D eigenvalue weighted by molar-refractivity contribution is 0.0709. The molecule has 0 N–H and O–H groups in total. The number of fused-ring (bicyclic) bond motifs is 2. The summed E-state index contributed by atoms with van der Waals surface area (Å²) in [6, 6.07) is 27.2. The number of aromatic nitrogens is 2. The maximum absolute atomic E-state index is 13.4. The number of nitrogens with zero attached hydrogens (tertiary/aromatic N) is 7. The molecule has 0 saturated carbocycles. The fourth-order valence-electron chi connectivity index (χ4n) is 7.38. The highest BCUT2D eigenvalue weighted by molar-refractivity contribution is 5.94. The Balaban J connectivity index is 1.17. The van der Waals surface area contributed by atoms with Crippen LogP contribution in [0, 0.1) is 11.3 Å². The number of likely N-dealkylation sites (tertiary alicyclic amines) is 1. The molecule has 0 aliphatic carbocycles. The second kappa shape index (κ2) is 14.1.